The topological polar surface area (TPSA) is 29.1 Å². The van der Waals surface area contributed by atoms with E-state index in [1.165, 1.54) is 0 Å². The molecule has 0 aromatic heterocycles. The SMILES string of the molecule is CC.CCC(NC(=O)C(F)C(C)C)C(C)C. The number of halogens is 1. The average molecular weight is 233 g/mol. The van der Waals surface area contributed by atoms with E-state index in [4.69, 9.17) is 0 Å². The minimum Gasteiger partial charge on any atom is -0.351 e. The maximum atomic E-state index is 13.3. The molecule has 0 heterocycles. The van der Waals surface area contributed by atoms with Crippen LogP contribution in [0.2, 0.25) is 0 Å². The summed E-state index contributed by atoms with van der Waals surface area (Å²) in [5.74, 6) is -0.372. The minimum absolute atomic E-state index is 0.0829. The highest BCUT2D eigenvalue weighted by molar-refractivity contribution is 5.81. The van der Waals surface area contributed by atoms with Crippen LogP contribution >= 0.6 is 0 Å². The highest BCUT2D eigenvalue weighted by Gasteiger charge is 2.24. The van der Waals surface area contributed by atoms with Crippen molar-refractivity contribution in [2.75, 3.05) is 0 Å². The summed E-state index contributed by atoms with van der Waals surface area (Å²) in [7, 11) is 0. The molecule has 0 aliphatic heterocycles. The molecule has 2 unspecified atom stereocenters. The molecule has 0 aromatic carbocycles. The Morgan fingerprint density at radius 1 is 1.12 bits per heavy atom. The van der Waals surface area contributed by atoms with Gasteiger partial charge in [0.2, 0.25) is 0 Å². The van der Waals surface area contributed by atoms with Crippen LogP contribution in [0.5, 0.6) is 0 Å². The number of carbonyl (C=O) groups is 1. The Kier molecular flexibility index (Phi) is 10.7. The van der Waals surface area contributed by atoms with E-state index in [1.54, 1.807) is 13.8 Å². The number of hydrogen-bond donors (Lipinski definition) is 1. The summed E-state index contributed by atoms with van der Waals surface area (Å²) in [6.07, 6.45) is -0.545. The van der Waals surface area contributed by atoms with Crippen molar-refractivity contribution in [2.45, 2.75) is 67.1 Å². The first-order valence-electron chi connectivity index (χ1n) is 6.34. The van der Waals surface area contributed by atoms with Crippen molar-refractivity contribution in [3.05, 3.63) is 0 Å². The summed E-state index contributed by atoms with van der Waals surface area (Å²) in [6, 6.07) is 0.0829. The predicted molar refractivity (Wildman–Crippen MR) is 68.1 cm³/mol. The zero-order valence-corrected chi connectivity index (χ0v) is 11.8. The summed E-state index contributed by atoms with van der Waals surface area (Å²) >= 11 is 0. The fourth-order valence-corrected chi connectivity index (χ4v) is 1.31. The number of nitrogens with one attached hydrogen (secondary N) is 1. The van der Waals surface area contributed by atoms with Crippen LogP contribution in [0.1, 0.15) is 54.9 Å². The van der Waals surface area contributed by atoms with Crippen molar-refractivity contribution in [3.8, 4) is 0 Å². The molecule has 1 N–H and O–H groups in total. The highest BCUT2D eigenvalue weighted by Crippen LogP contribution is 2.10. The average Bonchev–Trinajstić information content (AvgIpc) is 2.26. The Balaban J connectivity index is 0. The fourth-order valence-electron chi connectivity index (χ4n) is 1.31. The van der Waals surface area contributed by atoms with Crippen LogP contribution in [0.3, 0.4) is 0 Å². The lowest BCUT2D eigenvalue weighted by Gasteiger charge is -2.22. The summed E-state index contributed by atoms with van der Waals surface area (Å²) < 4.78 is 13.3. The van der Waals surface area contributed by atoms with E-state index < -0.39 is 12.1 Å². The van der Waals surface area contributed by atoms with Crippen LogP contribution in [0.15, 0.2) is 0 Å². The largest absolute Gasteiger partial charge is 0.351 e. The quantitative estimate of drug-likeness (QED) is 0.773. The second-order valence-electron chi connectivity index (χ2n) is 4.41. The van der Waals surface area contributed by atoms with Gasteiger partial charge in [0, 0.05) is 6.04 Å². The Bertz CT molecular complexity index is 181. The Hall–Kier alpha value is -0.600. The number of amides is 1. The van der Waals surface area contributed by atoms with E-state index in [9.17, 15) is 9.18 Å². The minimum atomic E-state index is -1.39. The molecule has 0 aromatic rings. The zero-order chi connectivity index (χ0) is 13.3. The van der Waals surface area contributed by atoms with Crippen LogP contribution in [-0.4, -0.2) is 18.1 Å². The van der Waals surface area contributed by atoms with Gasteiger partial charge < -0.3 is 5.32 Å². The van der Waals surface area contributed by atoms with Crippen LogP contribution < -0.4 is 5.32 Å². The molecular formula is C13H28FNO. The molecule has 98 valence electrons. The highest BCUT2D eigenvalue weighted by atomic mass is 19.1. The van der Waals surface area contributed by atoms with Crippen LogP contribution in [0.4, 0.5) is 4.39 Å². The van der Waals surface area contributed by atoms with Gasteiger partial charge >= 0.3 is 0 Å². The molecular weight excluding hydrogens is 205 g/mol. The first-order chi connectivity index (χ1) is 7.40. The number of rotatable bonds is 5. The van der Waals surface area contributed by atoms with E-state index in [-0.39, 0.29) is 12.0 Å². The second-order valence-corrected chi connectivity index (χ2v) is 4.41. The van der Waals surface area contributed by atoms with Gasteiger partial charge in [-0.15, -0.1) is 0 Å². The van der Waals surface area contributed by atoms with Crippen molar-refractivity contribution in [1.82, 2.24) is 5.32 Å². The summed E-state index contributed by atoms with van der Waals surface area (Å²) in [6.45, 7) is 13.5. The van der Waals surface area contributed by atoms with Crippen molar-refractivity contribution in [3.63, 3.8) is 0 Å². The molecule has 16 heavy (non-hydrogen) atoms. The molecule has 0 aliphatic carbocycles. The number of hydrogen-bond acceptors (Lipinski definition) is 1. The maximum Gasteiger partial charge on any atom is 0.255 e. The van der Waals surface area contributed by atoms with Crippen LogP contribution in [0, 0.1) is 11.8 Å². The van der Waals surface area contributed by atoms with Gasteiger partial charge in [0.1, 0.15) is 0 Å². The van der Waals surface area contributed by atoms with Gasteiger partial charge in [-0.25, -0.2) is 4.39 Å². The van der Waals surface area contributed by atoms with E-state index >= 15 is 0 Å². The molecule has 0 radical (unpaired) electrons. The van der Waals surface area contributed by atoms with Gasteiger partial charge in [-0.3, -0.25) is 4.79 Å². The first-order valence-corrected chi connectivity index (χ1v) is 6.34. The van der Waals surface area contributed by atoms with Crippen LogP contribution in [-0.2, 0) is 4.79 Å². The van der Waals surface area contributed by atoms with Crippen molar-refractivity contribution in [1.29, 1.82) is 0 Å². The maximum absolute atomic E-state index is 13.3. The second kappa shape index (κ2) is 9.61. The van der Waals surface area contributed by atoms with E-state index in [0.717, 1.165) is 6.42 Å². The summed E-state index contributed by atoms with van der Waals surface area (Å²) in [4.78, 5) is 11.4. The molecule has 1 amide bonds. The van der Waals surface area contributed by atoms with Crippen molar-refractivity contribution < 1.29 is 9.18 Å². The van der Waals surface area contributed by atoms with Crippen molar-refractivity contribution >= 4 is 5.91 Å². The smallest absolute Gasteiger partial charge is 0.255 e. The zero-order valence-electron chi connectivity index (χ0n) is 11.8. The monoisotopic (exact) mass is 233 g/mol. The van der Waals surface area contributed by atoms with E-state index in [2.05, 4.69) is 5.32 Å². The molecule has 0 saturated carbocycles. The molecule has 3 heteroatoms. The molecule has 0 saturated heterocycles. The molecule has 0 rings (SSSR count). The van der Waals surface area contributed by atoms with Gasteiger partial charge in [-0.1, -0.05) is 48.5 Å². The molecule has 0 fully saturated rings. The molecule has 0 aliphatic rings. The fraction of sp³-hybridized carbons (Fsp3) is 0.923. The molecule has 0 bridgehead atoms. The van der Waals surface area contributed by atoms with E-state index in [0.29, 0.717) is 5.92 Å². The predicted octanol–water partition coefficient (Wildman–Crippen LogP) is 3.56. The standard InChI is InChI=1S/C11H22FNO.C2H6/c1-6-9(7(2)3)13-11(14)10(12)8(4)5;1-2/h7-10H,6H2,1-5H3,(H,13,14);1-2H3. The Morgan fingerprint density at radius 2 is 1.56 bits per heavy atom. The van der Waals surface area contributed by atoms with Gasteiger partial charge in [-0.05, 0) is 18.3 Å². The lowest BCUT2D eigenvalue weighted by atomic mass is 10.0. The number of alkyl halides is 1. The normalized spacial score (nSPS) is 14.1. The Labute approximate surface area is 100 Å². The van der Waals surface area contributed by atoms with Gasteiger partial charge in [0.15, 0.2) is 6.17 Å². The molecule has 2 atom stereocenters. The van der Waals surface area contributed by atoms with Gasteiger partial charge in [0.25, 0.3) is 5.91 Å². The van der Waals surface area contributed by atoms with Crippen molar-refractivity contribution in [2.24, 2.45) is 11.8 Å². The van der Waals surface area contributed by atoms with E-state index in [1.807, 2.05) is 34.6 Å². The molecule has 2 nitrogen and oxygen atoms in total. The third-order valence-corrected chi connectivity index (χ3v) is 2.41. The van der Waals surface area contributed by atoms with Gasteiger partial charge in [-0.2, -0.15) is 0 Å². The Morgan fingerprint density at radius 3 is 1.81 bits per heavy atom. The third-order valence-electron chi connectivity index (χ3n) is 2.41. The third kappa shape index (κ3) is 6.81. The first kappa shape index (κ1) is 17.8. The molecule has 0 spiro atoms. The summed E-state index contributed by atoms with van der Waals surface area (Å²) in [5.41, 5.74) is 0. The van der Waals surface area contributed by atoms with Gasteiger partial charge in [0.05, 0.1) is 0 Å². The number of carbonyl (C=O) groups excluding carboxylic acids is 1. The summed E-state index contributed by atoms with van der Waals surface area (Å²) in [5, 5.41) is 2.73. The lowest BCUT2D eigenvalue weighted by Crippen LogP contribution is -2.43. The lowest BCUT2D eigenvalue weighted by molar-refractivity contribution is -0.128. The van der Waals surface area contributed by atoms with Crippen LogP contribution in [0.25, 0.3) is 0 Å².